The molecule has 0 aliphatic heterocycles. The number of hydrogen-bond acceptors (Lipinski definition) is 4. The molecular weight excluding hydrogens is 323 g/mol. The zero-order valence-corrected chi connectivity index (χ0v) is 18.9. The van der Waals surface area contributed by atoms with Gasteiger partial charge in [0.15, 0.2) is 8.24 Å². The molecule has 0 fully saturated rings. The summed E-state index contributed by atoms with van der Waals surface area (Å²) in [5, 5.41) is 6.20. The first-order valence-electron chi connectivity index (χ1n) is 6.92. The van der Waals surface area contributed by atoms with Crippen molar-refractivity contribution in [3.8, 4) is 0 Å². The quantitative estimate of drug-likeness (QED) is 0.596. The van der Waals surface area contributed by atoms with Crippen molar-refractivity contribution in [1.29, 1.82) is 0 Å². The Hall–Kier alpha value is 0.237. The van der Waals surface area contributed by atoms with Gasteiger partial charge in [-0.15, -0.1) is 0 Å². The van der Waals surface area contributed by atoms with Crippen LogP contribution in [0.15, 0.2) is 21.3 Å². The van der Waals surface area contributed by atoms with Crippen LogP contribution in [-0.2, 0) is 16.5 Å². The largest absolute Gasteiger partial charge is 1.00 e. The number of nitrogens with zero attached hydrogens (tertiary/aromatic N) is 3. The van der Waals surface area contributed by atoms with Gasteiger partial charge in [-0.1, -0.05) is 27.0 Å². The topological polar surface area (TPSA) is 71.6 Å². The molecule has 1 rings (SSSR count). The molecule has 1 atom stereocenters. The summed E-state index contributed by atoms with van der Waals surface area (Å²) in [6.07, 6.45) is 1.69. The van der Waals surface area contributed by atoms with Crippen LogP contribution in [0.4, 0.5) is 0 Å². The van der Waals surface area contributed by atoms with Gasteiger partial charge in [0.2, 0.25) is 0 Å². The fourth-order valence-corrected chi connectivity index (χ4v) is 6.09. The molecule has 0 aromatic carbocycles. The van der Waals surface area contributed by atoms with Crippen molar-refractivity contribution >= 4 is 18.2 Å². The van der Waals surface area contributed by atoms with Crippen LogP contribution >= 0.6 is 0 Å². The molecule has 2 N–H and O–H groups in total. The predicted octanol–water partition coefficient (Wildman–Crippen LogP) is -0.347. The summed E-state index contributed by atoms with van der Waals surface area (Å²) in [6.45, 7) is 11.2. The third kappa shape index (κ3) is 6.03. The first-order valence-corrected chi connectivity index (χ1v) is 11.5. The zero-order valence-electron chi connectivity index (χ0n) is 15.1. The van der Waals surface area contributed by atoms with Crippen LogP contribution < -0.4 is 34.7 Å². The van der Waals surface area contributed by atoms with Crippen LogP contribution in [0.3, 0.4) is 0 Å². The Balaban J connectivity index is 0.00000441. The van der Waals surface area contributed by atoms with Gasteiger partial charge in [-0.25, -0.2) is 21.5 Å². The number of nitrogens with two attached hydrogens (primary N) is 1. The van der Waals surface area contributed by atoms with Crippen molar-refractivity contribution in [2.45, 2.75) is 50.5 Å². The molecule has 0 saturated heterocycles. The third-order valence-electron chi connectivity index (χ3n) is 3.70. The van der Waals surface area contributed by atoms with E-state index in [0.29, 0.717) is 0 Å². The van der Waals surface area contributed by atoms with Gasteiger partial charge in [-0.2, -0.15) is 5.56 Å². The Morgan fingerprint density at radius 2 is 1.95 bits per heavy atom. The maximum Gasteiger partial charge on any atom is 1.00 e. The van der Waals surface area contributed by atoms with Gasteiger partial charge in [-0.05, 0) is 38.8 Å². The average molecular weight is 351 g/mol. The Labute approximate surface area is 158 Å². The summed E-state index contributed by atoms with van der Waals surface area (Å²) in [5.41, 5.74) is 1.01. The monoisotopic (exact) mass is 350 g/mol. The van der Waals surface area contributed by atoms with Crippen LogP contribution in [0.25, 0.3) is 0 Å². The van der Waals surface area contributed by atoms with E-state index in [0.717, 1.165) is 12.1 Å². The van der Waals surface area contributed by atoms with Crippen molar-refractivity contribution in [2.75, 3.05) is 14.1 Å². The number of hydrogen-bond donors (Lipinski definition) is 1. The number of rotatable bonds is 4. The van der Waals surface area contributed by atoms with E-state index in [1.807, 2.05) is 19.0 Å². The van der Waals surface area contributed by atoms with Crippen LogP contribution in [0.2, 0.25) is 18.1 Å². The third-order valence-corrected chi connectivity index (χ3v) is 11.1. The summed E-state index contributed by atoms with van der Waals surface area (Å²) >= 11 is 0. The molecule has 0 bridgehead atoms. The number of aromatic nitrogens is 1. The van der Waals surface area contributed by atoms with E-state index in [4.69, 9.17) is 5.14 Å². The molecule has 120 valence electrons. The van der Waals surface area contributed by atoms with Crippen molar-refractivity contribution in [1.82, 2.24) is 9.88 Å². The summed E-state index contributed by atoms with van der Waals surface area (Å²) in [4.78, 5) is 6.25. The Kier molecular flexibility index (Phi) is 7.96. The first-order chi connectivity index (χ1) is 9.35. The Morgan fingerprint density at radius 3 is 2.32 bits per heavy atom. The van der Waals surface area contributed by atoms with E-state index >= 15 is 0 Å². The van der Waals surface area contributed by atoms with E-state index < -0.39 is 18.2 Å². The van der Waals surface area contributed by atoms with E-state index in [-0.39, 0.29) is 39.6 Å². The zero-order chi connectivity index (χ0) is 16.5. The molecule has 8 heteroatoms. The minimum atomic E-state index is -2.99. The molecule has 0 saturated carbocycles. The smallest absolute Gasteiger partial charge is 0.322 e. The van der Waals surface area contributed by atoms with E-state index in [9.17, 15) is 4.21 Å². The standard InChI is InChI=1S/C14H27N4OSSi.Na/c1-14(2,3)21(6,7)17-20(15,19)13-9-8-12(10-16-13)11-18(4)5;/h8,10H,11H2,1-7H3,(H2,15,17,19);/q-1;+1. The maximum atomic E-state index is 12.7. The predicted molar refractivity (Wildman–Crippen MR) is 90.7 cm³/mol. The normalized spacial score (nSPS) is 15.1. The minimum Gasteiger partial charge on any atom is -0.322 e. The van der Waals surface area contributed by atoms with Gasteiger partial charge in [0.05, 0.1) is 5.03 Å². The molecule has 0 aliphatic carbocycles. The van der Waals surface area contributed by atoms with E-state index in [1.165, 1.54) is 0 Å². The van der Waals surface area contributed by atoms with Crippen molar-refractivity contribution in [3.05, 3.63) is 23.9 Å². The van der Waals surface area contributed by atoms with Gasteiger partial charge in [0, 0.05) is 0 Å². The van der Waals surface area contributed by atoms with Gasteiger partial charge in [0.1, 0.15) is 9.92 Å². The van der Waals surface area contributed by atoms with Gasteiger partial charge in [0.25, 0.3) is 0 Å². The SMILES string of the molecule is CN(C)Cc1c[c-]c(S(N)(=O)=N[Si](C)(C)C(C)(C)C)nc1.[Na+]. The second-order valence-corrected chi connectivity index (χ2v) is 14.0. The Bertz CT molecular complexity index is 602. The number of pyridine rings is 1. The molecule has 5 nitrogen and oxygen atoms in total. The molecule has 0 radical (unpaired) electrons. The van der Waals surface area contributed by atoms with Gasteiger partial charge in [-0.3, -0.25) is 9.01 Å². The van der Waals surface area contributed by atoms with Crippen molar-refractivity contribution in [2.24, 2.45) is 9.17 Å². The van der Waals surface area contributed by atoms with Crippen molar-refractivity contribution in [3.63, 3.8) is 0 Å². The molecular formula is C14H27N4NaOSSi. The molecule has 1 aromatic heterocycles. The summed E-state index contributed by atoms with van der Waals surface area (Å²) in [5.74, 6) is 0. The minimum absolute atomic E-state index is 0. The molecule has 22 heavy (non-hydrogen) atoms. The van der Waals surface area contributed by atoms with Crippen LogP contribution in [0, 0.1) is 6.07 Å². The van der Waals surface area contributed by atoms with Crippen LogP contribution in [0.1, 0.15) is 26.3 Å². The summed E-state index contributed by atoms with van der Waals surface area (Å²) < 4.78 is 17.2. The van der Waals surface area contributed by atoms with Crippen molar-refractivity contribution < 1.29 is 33.8 Å². The fourth-order valence-electron chi connectivity index (χ4n) is 1.50. The second kappa shape index (κ2) is 7.87. The fraction of sp³-hybridized carbons (Fsp3) is 0.643. The van der Waals surface area contributed by atoms with E-state index in [2.05, 4.69) is 48.9 Å². The van der Waals surface area contributed by atoms with Gasteiger partial charge >= 0.3 is 29.6 Å². The van der Waals surface area contributed by atoms with Crippen LogP contribution in [-0.4, -0.2) is 36.4 Å². The molecule has 0 amide bonds. The first kappa shape index (κ1) is 22.2. The molecule has 0 aliphatic rings. The molecule has 0 spiro atoms. The molecule has 1 unspecified atom stereocenters. The molecule has 1 aromatic rings. The second-order valence-electron chi connectivity index (χ2n) is 7.13. The maximum absolute atomic E-state index is 12.7. The average Bonchev–Trinajstić information content (AvgIpc) is 2.25. The van der Waals surface area contributed by atoms with Gasteiger partial charge < -0.3 is 4.90 Å². The molecule has 1 heterocycles. The summed E-state index contributed by atoms with van der Waals surface area (Å²) in [6, 6.07) is 4.73. The van der Waals surface area contributed by atoms with E-state index in [1.54, 1.807) is 12.3 Å². The Morgan fingerprint density at radius 1 is 1.41 bits per heavy atom. The summed E-state index contributed by atoms with van der Waals surface area (Å²) in [7, 11) is -1.14. The van der Waals surface area contributed by atoms with Crippen LogP contribution in [0.5, 0.6) is 0 Å².